The number of rotatable bonds is 4. The summed E-state index contributed by atoms with van der Waals surface area (Å²) in [5, 5.41) is 30.0. The highest BCUT2D eigenvalue weighted by Crippen LogP contribution is 2.46. The average molecular weight is 333 g/mol. The number of hydrogen-bond acceptors (Lipinski definition) is 8. The van der Waals surface area contributed by atoms with Crippen LogP contribution >= 0.6 is 0 Å². The minimum absolute atomic E-state index is 0.135. The molecule has 1 saturated carbocycles. The van der Waals surface area contributed by atoms with Crippen LogP contribution in [0.5, 0.6) is 0 Å². The van der Waals surface area contributed by atoms with Crippen LogP contribution in [0.25, 0.3) is 0 Å². The molecule has 1 aliphatic carbocycles. The van der Waals surface area contributed by atoms with E-state index in [-0.39, 0.29) is 12.6 Å². The van der Waals surface area contributed by atoms with E-state index in [1.807, 2.05) is 11.8 Å². The highest BCUT2D eigenvalue weighted by atomic mass is 16.3. The first kappa shape index (κ1) is 16.7. The van der Waals surface area contributed by atoms with E-state index in [2.05, 4.69) is 23.1 Å². The van der Waals surface area contributed by atoms with Crippen LogP contribution in [-0.4, -0.2) is 56.7 Å². The van der Waals surface area contributed by atoms with E-state index >= 15 is 0 Å². The van der Waals surface area contributed by atoms with Crippen molar-refractivity contribution in [3.63, 3.8) is 0 Å². The molecule has 0 radical (unpaired) electrons. The SMILES string of the molecule is C=CCN1C(=C)N([C@@H]2C[C@H](CO)[C@@H](O)[C@H]2O)c2nc(N)nc(C)c21. The van der Waals surface area contributed by atoms with Gasteiger partial charge in [0.15, 0.2) is 5.82 Å². The van der Waals surface area contributed by atoms with Crippen molar-refractivity contribution >= 4 is 17.5 Å². The summed E-state index contributed by atoms with van der Waals surface area (Å²) in [7, 11) is 0. The zero-order valence-corrected chi connectivity index (χ0v) is 13.6. The molecule has 0 bridgehead atoms. The molecule has 8 heteroatoms. The van der Waals surface area contributed by atoms with Gasteiger partial charge in [-0.1, -0.05) is 12.7 Å². The van der Waals surface area contributed by atoms with Gasteiger partial charge in [0.2, 0.25) is 5.95 Å². The van der Waals surface area contributed by atoms with Crippen LogP contribution in [-0.2, 0) is 0 Å². The first-order valence-corrected chi connectivity index (χ1v) is 7.88. The van der Waals surface area contributed by atoms with E-state index in [1.165, 1.54) is 0 Å². The number of nitrogens with two attached hydrogens (primary N) is 1. The normalized spacial score (nSPS) is 29.2. The Balaban J connectivity index is 2.07. The van der Waals surface area contributed by atoms with Crippen LogP contribution in [0, 0.1) is 12.8 Å². The predicted octanol–water partition coefficient (Wildman–Crippen LogP) is -0.247. The zero-order chi connectivity index (χ0) is 17.6. The lowest BCUT2D eigenvalue weighted by molar-refractivity contribution is 0.00278. The topological polar surface area (TPSA) is 119 Å². The molecule has 2 aliphatic rings. The Bertz CT molecular complexity index is 680. The summed E-state index contributed by atoms with van der Waals surface area (Å²) in [6.45, 7) is 10.0. The van der Waals surface area contributed by atoms with Gasteiger partial charge in [0.25, 0.3) is 0 Å². The summed E-state index contributed by atoms with van der Waals surface area (Å²) < 4.78 is 0. The van der Waals surface area contributed by atoms with Gasteiger partial charge in [-0.2, -0.15) is 4.98 Å². The van der Waals surface area contributed by atoms with Gasteiger partial charge >= 0.3 is 0 Å². The molecule has 5 N–H and O–H groups in total. The van der Waals surface area contributed by atoms with Crippen molar-refractivity contribution in [2.24, 2.45) is 5.92 Å². The molecule has 2 heterocycles. The van der Waals surface area contributed by atoms with Gasteiger partial charge < -0.3 is 30.9 Å². The minimum Gasteiger partial charge on any atom is -0.396 e. The smallest absolute Gasteiger partial charge is 0.222 e. The van der Waals surface area contributed by atoms with E-state index in [0.29, 0.717) is 30.3 Å². The van der Waals surface area contributed by atoms with Crippen molar-refractivity contribution in [3.8, 4) is 0 Å². The number of nitrogen functional groups attached to an aromatic ring is 1. The summed E-state index contributed by atoms with van der Waals surface area (Å²) in [5.41, 5.74) is 7.27. The number of aromatic nitrogens is 2. The number of fused-ring (bicyclic) bond motifs is 1. The standard InChI is InChI=1S/C16H23N5O3/c1-4-5-20-9(3)21(11-6-10(7-22)13(23)14(11)24)15-12(20)8(2)18-16(17)19-15/h4,10-11,13-14,22-24H,1,3,5-7H2,2H3,(H2,17,18,19)/t10-,11-,13-,14+/m1/s1. The van der Waals surface area contributed by atoms with E-state index < -0.39 is 24.2 Å². The fourth-order valence-corrected chi connectivity index (χ4v) is 3.65. The van der Waals surface area contributed by atoms with Crippen molar-refractivity contribution < 1.29 is 15.3 Å². The maximum absolute atomic E-state index is 10.5. The maximum atomic E-state index is 10.5. The third kappa shape index (κ3) is 2.34. The Hall–Kier alpha value is -2.16. The van der Waals surface area contributed by atoms with Crippen LogP contribution in [0.2, 0.25) is 0 Å². The van der Waals surface area contributed by atoms with Gasteiger partial charge in [-0.05, 0) is 13.3 Å². The zero-order valence-electron chi connectivity index (χ0n) is 13.6. The van der Waals surface area contributed by atoms with Crippen molar-refractivity contribution in [1.29, 1.82) is 0 Å². The maximum Gasteiger partial charge on any atom is 0.222 e. The van der Waals surface area contributed by atoms with Crippen molar-refractivity contribution in [3.05, 3.63) is 30.7 Å². The molecule has 0 unspecified atom stereocenters. The lowest BCUT2D eigenvalue weighted by Crippen LogP contribution is -2.43. The Morgan fingerprint density at radius 1 is 1.33 bits per heavy atom. The van der Waals surface area contributed by atoms with Gasteiger partial charge in [0.05, 0.1) is 17.8 Å². The Morgan fingerprint density at radius 2 is 2.04 bits per heavy atom. The molecule has 1 aromatic heterocycles. The quantitative estimate of drug-likeness (QED) is 0.557. The summed E-state index contributed by atoms with van der Waals surface area (Å²) in [6.07, 6.45) is 0.143. The molecular formula is C16H23N5O3. The molecule has 1 aliphatic heterocycles. The van der Waals surface area contributed by atoms with Crippen LogP contribution in [0.15, 0.2) is 25.1 Å². The van der Waals surface area contributed by atoms with Gasteiger partial charge in [0, 0.05) is 19.1 Å². The lowest BCUT2D eigenvalue weighted by Gasteiger charge is -2.30. The van der Waals surface area contributed by atoms with Crippen molar-refractivity contribution in [2.45, 2.75) is 31.6 Å². The molecule has 4 atom stereocenters. The summed E-state index contributed by atoms with van der Waals surface area (Å²) in [4.78, 5) is 12.2. The molecule has 8 nitrogen and oxygen atoms in total. The number of aliphatic hydroxyl groups excluding tert-OH is 3. The first-order valence-electron chi connectivity index (χ1n) is 7.88. The average Bonchev–Trinajstić information content (AvgIpc) is 2.96. The molecule has 3 rings (SSSR count). The minimum atomic E-state index is -1.02. The van der Waals surface area contributed by atoms with Gasteiger partial charge in [0.1, 0.15) is 17.6 Å². The second kappa shape index (κ2) is 6.04. The Morgan fingerprint density at radius 3 is 2.62 bits per heavy atom. The van der Waals surface area contributed by atoms with Gasteiger partial charge in [-0.3, -0.25) is 0 Å². The van der Waals surface area contributed by atoms with E-state index in [1.54, 1.807) is 11.0 Å². The van der Waals surface area contributed by atoms with Crippen LogP contribution in [0.1, 0.15) is 12.1 Å². The second-order valence-electron chi connectivity index (χ2n) is 6.25. The fraction of sp³-hybridized carbons (Fsp3) is 0.500. The van der Waals surface area contributed by atoms with E-state index in [4.69, 9.17) is 5.73 Å². The highest BCUT2D eigenvalue weighted by molar-refractivity contribution is 5.82. The van der Waals surface area contributed by atoms with Gasteiger partial charge in [-0.15, -0.1) is 6.58 Å². The number of anilines is 3. The predicted molar refractivity (Wildman–Crippen MR) is 91.3 cm³/mol. The molecule has 0 amide bonds. The molecular weight excluding hydrogens is 310 g/mol. The van der Waals surface area contributed by atoms with Crippen molar-refractivity contribution in [1.82, 2.24) is 9.97 Å². The molecule has 24 heavy (non-hydrogen) atoms. The third-order valence-electron chi connectivity index (χ3n) is 4.79. The molecule has 130 valence electrons. The summed E-state index contributed by atoms with van der Waals surface area (Å²) in [5.74, 6) is 0.913. The number of aryl methyl sites for hydroxylation is 1. The van der Waals surface area contributed by atoms with E-state index in [0.717, 1.165) is 5.69 Å². The number of aliphatic hydroxyl groups is 3. The molecule has 1 fully saturated rings. The largest absolute Gasteiger partial charge is 0.396 e. The molecule has 1 aromatic rings. The number of nitrogens with zero attached hydrogens (tertiary/aromatic N) is 4. The van der Waals surface area contributed by atoms with Crippen molar-refractivity contribution in [2.75, 3.05) is 28.7 Å². The van der Waals surface area contributed by atoms with Crippen LogP contribution in [0.3, 0.4) is 0 Å². The van der Waals surface area contributed by atoms with E-state index in [9.17, 15) is 15.3 Å². The third-order valence-corrected chi connectivity index (χ3v) is 4.79. The summed E-state index contributed by atoms with van der Waals surface area (Å²) >= 11 is 0. The van der Waals surface area contributed by atoms with Gasteiger partial charge in [-0.25, -0.2) is 4.98 Å². The number of hydrogen-bond donors (Lipinski definition) is 4. The molecule has 0 saturated heterocycles. The molecule has 0 spiro atoms. The Labute approximate surface area is 140 Å². The molecule has 0 aromatic carbocycles. The summed E-state index contributed by atoms with van der Waals surface area (Å²) in [6, 6.07) is -0.452. The van der Waals surface area contributed by atoms with Crippen LogP contribution < -0.4 is 15.5 Å². The fourth-order valence-electron chi connectivity index (χ4n) is 3.65. The monoisotopic (exact) mass is 333 g/mol. The lowest BCUT2D eigenvalue weighted by atomic mass is 10.1. The highest BCUT2D eigenvalue weighted by Gasteiger charge is 2.48. The van der Waals surface area contributed by atoms with Crippen LogP contribution in [0.4, 0.5) is 17.5 Å². The second-order valence-corrected chi connectivity index (χ2v) is 6.25. The Kier molecular flexibility index (Phi) is 4.20. The first-order chi connectivity index (χ1) is 11.4.